The minimum Gasteiger partial charge on any atom is -0.317 e. The first-order valence-corrected chi connectivity index (χ1v) is 19.8. The molecular weight excluding hydrogens is 785 g/mol. The number of nitrogens with zero attached hydrogens (tertiary/aromatic N) is 4. The van der Waals surface area contributed by atoms with Gasteiger partial charge in [0.15, 0.2) is 46.5 Å². The Morgan fingerprint density at radius 2 is 0.417 bits per heavy atom. The van der Waals surface area contributed by atoms with E-state index in [0.29, 0.717) is 90.3 Å². The number of aryl methyl sites for hydroxylation is 4. The summed E-state index contributed by atoms with van der Waals surface area (Å²) in [5, 5.41) is 5.13. The van der Waals surface area contributed by atoms with Crippen molar-refractivity contribution in [2.24, 2.45) is 0 Å². The second-order valence-electron chi connectivity index (χ2n) is 15.6. The van der Waals surface area contributed by atoms with Crippen LogP contribution in [0.1, 0.15) is 49.9 Å². The highest BCUT2D eigenvalue weighted by molar-refractivity contribution is 6.27. The van der Waals surface area contributed by atoms with Gasteiger partial charge in [0.25, 0.3) is 0 Å². The number of benzene rings is 6. The van der Waals surface area contributed by atoms with E-state index < -0.39 is 69.3 Å². The average Bonchev–Trinajstić information content (AvgIpc) is 4.07. The lowest BCUT2D eigenvalue weighted by atomic mass is 9.93. The van der Waals surface area contributed by atoms with Crippen LogP contribution in [0.4, 0.5) is 35.1 Å². The molecule has 300 valence electrons. The van der Waals surface area contributed by atoms with Gasteiger partial charge in [0, 0.05) is 92.7 Å². The SMILES string of the molecule is CCc1cc2c(cc1CC)c1cn3cc1c1cn(cc21)-c1c(F)c(F)c(c(F)c1F)-n1cc2c4cc(CC)c(CC)cc4c4cn(cc4c2c1)-c1c(F)c(F)c-3c(F)c1F. The zero-order valence-electron chi connectivity index (χ0n) is 32.6. The molecule has 0 aliphatic carbocycles. The van der Waals surface area contributed by atoms with Crippen molar-refractivity contribution in [3.8, 4) is 22.7 Å². The fourth-order valence-electron chi connectivity index (χ4n) is 9.76. The van der Waals surface area contributed by atoms with Crippen LogP contribution < -0.4 is 0 Å². The van der Waals surface area contributed by atoms with Crippen LogP contribution in [0.5, 0.6) is 0 Å². The van der Waals surface area contributed by atoms with E-state index in [-0.39, 0.29) is 0 Å². The molecule has 4 aliphatic rings. The van der Waals surface area contributed by atoms with Crippen molar-refractivity contribution in [1.82, 2.24) is 18.3 Å². The van der Waals surface area contributed by atoms with E-state index in [1.54, 1.807) is 0 Å². The van der Waals surface area contributed by atoms with Crippen LogP contribution in [0, 0.1) is 46.5 Å². The van der Waals surface area contributed by atoms with Crippen molar-refractivity contribution in [2.45, 2.75) is 53.4 Å². The topological polar surface area (TPSA) is 19.7 Å². The van der Waals surface area contributed by atoms with Gasteiger partial charge in [-0.1, -0.05) is 52.0 Å². The second kappa shape index (κ2) is 12.5. The molecule has 60 heavy (non-hydrogen) atoms. The highest BCUT2D eigenvalue weighted by Crippen LogP contribution is 2.44. The summed E-state index contributed by atoms with van der Waals surface area (Å²) in [7, 11) is 0. The van der Waals surface area contributed by atoms with Gasteiger partial charge >= 0.3 is 0 Å². The Morgan fingerprint density at radius 1 is 0.267 bits per heavy atom. The number of rotatable bonds is 4. The molecule has 0 atom stereocenters. The maximum Gasteiger partial charge on any atom is 0.188 e. The highest BCUT2D eigenvalue weighted by Gasteiger charge is 2.32. The molecule has 10 aromatic rings. The van der Waals surface area contributed by atoms with E-state index in [0.717, 1.165) is 40.5 Å². The van der Waals surface area contributed by atoms with Gasteiger partial charge in [-0.2, -0.15) is 0 Å². The Labute approximate surface area is 336 Å². The van der Waals surface area contributed by atoms with E-state index in [1.165, 1.54) is 49.6 Å². The monoisotopic (exact) mass is 816 g/mol. The summed E-state index contributed by atoms with van der Waals surface area (Å²) in [4.78, 5) is 0. The second-order valence-corrected chi connectivity index (χ2v) is 15.6. The molecule has 12 bridgehead atoms. The molecule has 14 rings (SSSR count). The third-order valence-corrected chi connectivity index (χ3v) is 12.7. The standard InChI is InChI=1S/C48H32F8N4/c1-5-21-9-25-26(10-22(21)6-2)30-14-58-18-34(30)33-17-57(13-29(25)33)45-37(49)39(51)47(40(52)38(45)50)59-15-31-27-11-23(7-3)24(8-4)12-28(27)32-16-60(20-36(32)35(31)19-59)48-43(55)41(53)46(58)42(54)44(48)56/h9-20H,5-8H2,1-4H3. The number of fused-ring (bicyclic) bond motifs is 6. The summed E-state index contributed by atoms with van der Waals surface area (Å²) in [6.45, 7) is 7.85. The normalized spacial score (nSPS) is 12.6. The lowest BCUT2D eigenvalue weighted by Gasteiger charge is -2.14. The zero-order chi connectivity index (χ0) is 41.8. The van der Waals surface area contributed by atoms with Crippen molar-refractivity contribution in [1.29, 1.82) is 0 Å². The maximum absolute atomic E-state index is 16.6. The van der Waals surface area contributed by atoms with Crippen molar-refractivity contribution in [3.63, 3.8) is 0 Å². The molecule has 0 saturated heterocycles. The van der Waals surface area contributed by atoms with Gasteiger partial charge in [0.2, 0.25) is 0 Å². The van der Waals surface area contributed by atoms with Gasteiger partial charge in [-0.15, -0.1) is 0 Å². The smallest absolute Gasteiger partial charge is 0.188 e. The van der Waals surface area contributed by atoms with Crippen molar-refractivity contribution in [3.05, 3.63) is 143 Å². The Kier molecular flexibility index (Phi) is 7.60. The Hall–Kier alpha value is -6.56. The third kappa shape index (κ3) is 4.56. The molecule has 12 heteroatoms. The molecule has 4 aliphatic heterocycles. The van der Waals surface area contributed by atoms with Crippen molar-refractivity contribution >= 4 is 64.6 Å². The van der Waals surface area contributed by atoms with E-state index in [1.807, 2.05) is 52.0 Å². The van der Waals surface area contributed by atoms with Gasteiger partial charge in [-0.25, -0.2) is 35.1 Å². The Balaban J connectivity index is 1.35. The molecule has 0 saturated carbocycles. The van der Waals surface area contributed by atoms with Crippen molar-refractivity contribution in [2.75, 3.05) is 0 Å². The van der Waals surface area contributed by atoms with E-state index >= 15 is 35.1 Å². The summed E-state index contributed by atoms with van der Waals surface area (Å²) in [5.41, 5.74) is -0.210. The summed E-state index contributed by atoms with van der Waals surface area (Å²) in [5.74, 6) is -13.2. The van der Waals surface area contributed by atoms with Crippen LogP contribution in [0.25, 0.3) is 87.4 Å². The minimum absolute atomic E-state index is 0.296. The van der Waals surface area contributed by atoms with Crippen LogP contribution in [0.2, 0.25) is 0 Å². The van der Waals surface area contributed by atoms with Gasteiger partial charge < -0.3 is 18.3 Å². The molecule has 0 unspecified atom stereocenters. The molecular formula is C48H32F8N4. The fourth-order valence-corrected chi connectivity index (χ4v) is 9.76. The van der Waals surface area contributed by atoms with E-state index in [9.17, 15) is 0 Å². The Bertz CT molecular complexity index is 3060. The summed E-state index contributed by atoms with van der Waals surface area (Å²) in [6.07, 6.45) is 13.0. The van der Waals surface area contributed by atoms with Gasteiger partial charge in [0.1, 0.15) is 22.7 Å². The summed E-state index contributed by atoms with van der Waals surface area (Å²) in [6, 6.07) is 7.60. The fraction of sp³-hybridized carbons (Fsp3) is 0.167. The van der Waals surface area contributed by atoms with E-state index in [4.69, 9.17) is 0 Å². The number of hydrogen-bond donors (Lipinski definition) is 0. The maximum atomic E-state index is 16.6. The zero-order valence-corrected chi connectivity index (χ0v) is 32.6. The molecule has 0 amide bonds. The van der Waals surface area contributed by atoms with Gasteiger partial charge in [0.05, 0.1) is 0 Å². The quantitative estimate of drug-likeness (QED) is 0.125. The number of halogens is 8. The molecule has 0 N–H and O–H groups in total. The van der Waals surface area contributed by atoms with Crippen LogP contribution in [0.3, 0.4) is 0 Å². The molecule has 4 nitrogen and oxygen atoms in total. The molecule has 4 aromatic heterocycles. The number of hydrogen-bond acceptors (Lipinski definition) is 0. The van der Waals surface area contributed by atoms with Crippen LogP contribution in [0.15, 0.2) is 73.8 Å². The predicted octanol–water partition coefficient (Wildman–Crippen LogP) is 13.4. The highest BCUT2D eigenvalue weighted by atomic mass is 19.2. The minimum atomic E-state index is -1.64. The van der Waals surface area contributed by atoms with Crippen molar-refractivity contribution < 1.29 is 35.1 Å². The largest absolute Gasteiger partial charge is 0.317 e. The average molecular weight is 817 g/mol. The first-order chi connectivity index (χ1) is 28.9. The molecule has 0 fully saturated rings. The molecule has 0 spiro atoms. The summed E-state index contributed by atoms with van der Waals surface area (Å²) >= 11 is 0. The summed E-state index contributed by atoms with van der Waals surface area (Å²) < 4.78 is 136. The predicted molar refractivity (Wildman–Crippen MR) is 220 cm³/mol. The number of aromatic nitrogens is 4. The first kappa shape index (κ1) is 36.5. The van der Waals surface area contributed by atoms with E-state index in [2.05, 4.69) is 0 Å². The first-order valence-electron chi connectivity index (χ1n) is 19.8. The van der Waals surface area contributed by atoms with Crippen LogP contribution in [-0.4, -0.2) is 18.3 Å². The van der Waals surface area contributed by atoms with Crippen LogP contribution in [-0.2, 0) is 25.7 Å². The molecule has 8 heterocycles. The van der Waals surface area contributed by atoms with Gasteiger partial charge in [-0.05, 0) is 69.5 Å². The van der Waals surface area contributed by atoms with Gasteiger partial charge in [-0.3, -0.25) is 0 Å². The molecule has 0 radical (unpaired) electrons. The van der Waals surface area contributed by atoms with Crippen LogP contribution >= 0.6 is 0 Å². The Morgan fingerprint density at radius 3 is 0.567 bits per heavy atom. The molecule has 6 aromatic carbocycles. The lowest BCUT2D eigenvalue weighted by molar-refractivity contribution is 0.442. The third-order valence-electron chi connectivity index (χ3n) is 12.7. The lowest BCUT2D eigenvalue weighted by Crippen LogP contribution is -2.11.